The van der Waals surface area contributed by atoms with Gasteiger partial charge in [-0.3, -0.25) is 0 Å². The molecule has 1 heterocycles. The van der Waals surface area contributed by atoms with Crippen molar-refractivity contribution < 1.29 is 47.0 Å². The molecule has 0 saturated heterocycles. The Labute approximate surface area is 117 Å². The molecule has 0 fully saturated rings. The Balaban J connectivity index is 0.00000112. The van der Waals surface area contributed by atoms with Crippen LogP contribution in [0.5, 0.6) is 0 Å². The SMILES string of the molecule is [CH2-]c1noc2cc([N-]C(C)=O)ccc12.[Li+].[Li+]. The Morgan fingerprint density at radius 2 is 2.12 bits per heavy atom. The third-order valence-corrected chi connectivity index (χ3v) is 1.82. The van der Waals surface area contributed by atoms with Crippen LogP contribution in [0.4, 0.5) is 5.69 Å². The second-order valence-electron chi connectivity index (χ2n) is 2.94. The Hall–Kier alpha value is -0.775. The van der Waals surface area contributed by atoms with E-state index >= 15 is 0 Å². The smallest absolute Gasteiger partial charge is 0.627 e. The van der Waals surface area contributed by atoms with Crippen molar-refractivity contribution in [2.45, 2.75) is 6.92 Å². The summed E-state index contributed by atoms with van der Waals surface area (Å²) in [5.74, 6) is -0.237. The third-order valence-electron chi connectivity index (χ3n) is 1.82. The standard InChI is InChI=1S/C10H9N2O2.2Li/c1-6-9-4-3-8(11-7(2)13)5-10(9)14-12-6;;/h3-5H,1H2,2H3,(H,11,12,13);;/q-1;2*+1/p-1. The number of hydrogen-bond acceptors (Lipinski definition) is 3. The fraction of sp³-hybridized carbons (Fsp3) is 0.100. The van der Waals surface area contributed by atoms with E-state index in [4.69, 9.17) is 4.52 Å². The van der Waals surface area contributed by atoms with Crippen molar-refractivity contribution in [1.82, 2.24) is 5.16 Å². The first-order chi connectivity index (χ1) is 6.66. The summed E-state index contributed by atoms with van der Waals surface area (Å²) in [4.78, 5) is 10.7. The first kappa shape index (κ1) is 15.2. The molecule has 0 N–H and O–H groups in total. The molecule has 2 rings (SSSR count). The zero-order chi connectivity index (χ0) is 10.1. The van der Waals surface area contributed by atoms with E-state index in [1.165, 1.54) is 6.92 Å². The van der Waals surface area contributed by atoms with E-state index in [0.29, 0.717) is 17.0 Å². The van der Waals surface area contributed by atoms with Gasteiger partial charge in [-0.25, -0.2) is 6.92 Å². The van der Waals surface area contributed by atoms with Crippen LogP contribution < -0.4 is 37.7 Å². The fourth-order valence-corrected chi connectivity index (χ4v) is 1.23. The summed E-state index contributed by atoms with van der Waals surface area (Å²) in [5.41, 5.74) is 1.76. The van der Waals surface area contributed by atoms with Crippen molar-refractivity contribution in [1.29, 1.82) is 0 Å². The molecular weight excluding hydrogens is 194 g/mol. The number of carbonyl (C=O) groups excluding carboxylic acids is 1. The van der Waals surface area contributed by atoms with E-state index in [2.05, 4.69) is 17.4 Å². The quantitative estimate of drug-likeness (QED) is 0.357. The summed E-state index contributed by atoms with van der Waals surface area (Å²) in [6.45, 7) is 5.10. The summed E-state index contributed by atoms with van der Waals surface area (Å²) < 4.78 is 4.99. The predicted molar refractivity (Wildman–Crippen MR) is 52.2 cm³/mol. The molecule has 1 amide bonds. The van der Waals surface area contributed by atoms with Crippen molar-refractivity contribution in [2.75, 3.05) is 0 Å². The average molecular weight is 202 g/mol. The molecule has 1 aromatic carbocycles. The van der Waals surface area contributed by atoms with E-state index in [1.54, 1.807) is 18.2 Å². The Kier molecular flexibility index (Phi) is 5.79. The molecule has 0 unspecified atom stereocenters. The van der Waals surface area contributed by atoms with Crippen LogP contribution in [0.1, 0.15) is 12.6 Å². The van der Waals surface area contributed by atoms with E-state index in [-0.39, 0.29) is 43.6 Å². The molecule has 6 heteroatoms. The minimum atomic E-state index is -0.237. The fourth-order valence-electron chi connectivity index (χ4n) is 1.23. The maximum absolute atomic E-state index is 10.7. The number of nitrogens with zero attached hydrogens (tertiary/aromatic N) is 2. The van der Waals surface area contributed by atoms with Gasteiger partial charge in [0, 0.05) is 0 Å². The van der Waals surface area contributed by atoms with E-state index in [1.807, 2.05) is 0 Å². The van der Waals surface area contributed by atoms with Gasteiger partial charge in [0.25, 0.3) is 0 Å². The van der Waals surface area contributed by atoms with Gasteiger partial charge in [0.05, 0.1) is 11.5 Å². The van der Waals surface area contributed by atoms with Gasteiger partial charge in [0.1, 0.15) is 0 Å². The van der Waals surface area contributed by atoms with Gasteiger partial charge in [-0.2, -0.15) is 0 Å². The molecule has 1 aromatic heterocycles. The number of benzene rings is 1. The molecule has 4 nitrogen and oxygen atoms in total. The molecule has 0 spiro atoms. The maximum atomic E-state index is 10.7. The normalized spacial score (nSPS) is 9.06. The zero-order valence-electron chi connectivity index (χ0n) is 9.65. The molecule has 0 aliphatic rings. The molecule has 72 valence electrons. The number of fused-ring (bicyclic) bond motifs is 1. The molecule has 0 bridgehead atoms. The summed E-state index contributed by atoms with van der Waals surface area (Å²) >= 11 is 0. The first-order valence-corrected chi connectivity index (χ1v) is 4.10. The number of amides is 1. The van der Waals surface area contributed by atoms with Gasteiger partial charge >= 0.3 is 37.7 Å². The molecule has 0 atom stereocenters. The van der Waals surface area contributed by atoms with Crippen LogP contribution in [-0.4, -0.2) is 11.1 Å². The summed E-state index contributed by atoms with van der Waals surface area (Å²) in [6.07, 6.45) is 0. The number of rotatable bonds is 1. The average Bonchev–Trinajstić information content (AvgIpc) is 2.46. The van der Waals surface area contributed by atoms with E-state index < -0.39 is 0 Å². The van der Waals surface area contributed by atoms with Gasteiger partial charge in [-0.05, 0) is 13.0 Å². The maximum Gasteiger partial charge on any atom is 1.00 e. The van der Waals surface area contributed by atoms with Crippen molar-refractivity contribution in [3.05, 3.63) is 36.1 Å². The van der Waals surface area contributed by atoms with Gasteiger partial charge in [0.2, 0.25) is 0 Å². The van der Waals surface area contributed by atoms with E-state index in [0.717, 1.165) is 5.39 Å². The summed E-state index contributed by atoms with van der Waals surface area (Å²) in [7, 11) is 0. The van der Waals surface area contributed by atoms with E-state index in [9.17, 15) is 4.79 Å². The summed E-state index contributed by atoms with van der Waals surface area (Å²) in [5, 5.41) is 8.32. The van der Waals surface area contributed by atoms with Crippen LogP contribution in [0.25, 0.3) is 16.3 Å². The van der Waals surface area contributed by atoms with Crippen LogP contribution in [0.15, 0.2) is 22.7 Å². The molecule has 16 heavy (non-hydrogen) atoms. The largest absolute Gasteiger partial charge is 1.00 e. The molecule has 0 saturated carbocycles. The van der Waals surface area contributed by atoms with Gasteiger partial charge in [0.15, 0.2) is 0 Å². The van der Waals surface area contributed by atoms with Gasteiger partial charge in [-0.1, -0.05) is 11.8 Å². The minimum absolute atomic E-state index is 0. The van der Waals surface area contributed by atoms with Gasteiger partial charge in [-0.15, -0.1) is 22.3 Å². The van der Waals surface area contributed by atoms with Crippen LogP contribution in [0, 0.1) is 6.92 Å². The molecule has 2 aromatic rings. The monoisotopic (exact) mass is 202 g/mol. The molecule has 0 radical (unpaired) electrons. The Morgan fingerprint density at radius 1 is 1.44 bits per heavy atom. The van der Waals surface area contributed by atoms with Crippen molar-refractivity contribution >= 4 is 22.6 Å². The van der Waals surface area contributed by atoms with Crippen LogP contribution in [0.2, 0.25) is 0 Å². The number of carbonyl (C=O) groups is 1. The molecule has 0 aliphatic carbocycles. The number of hydrogen-bond donors (Lipinski definition) is 0. The van der Waals surface area contributed by atoms with Gasteiger partial charge < -0.3 is 14.6 Å². The second-order valence-corrected chi connectivity index (χ2v) is 2.94. The minimum Gasteiger partial charge on any atom is -0.627 e. The Bertz CT molecular complexity index is 497. The summed E-state index contributed by atoms with van der Waals surface area (Å²) in [6, 6.07) is 5.18. The van der Waals surface area contributed by atoms with Crippen molar-refractivity contribution in [3.63, 3.8) is 0 Å². The van der Waals surface area contributed by atoms with Crippen LogP contribution in [-0.2, 0) is 4.79 Å². The second kappa shape index (κ2) is 6.08. The van der Waals surface area contributed by atoms with Crippen molar-refractivity contribution in [3.8, 4) is 0 Å². The molecule has 0 aliphatic heterocycles. The predicted octanol–water partition coefficient (Wildman–Crippen LogP) is -3.43. The van der Waals surface area contributed by atoms with Crippen molar-refractivity contribution in [2.24, 2.45) is 0 Å². The third kappa shape index (κ3) is 3.11. The zero-order valence-corrected chi connectivity index (χ0v) is 9.65. The first-order valence-electron chi connectivity index (χ1n) is 4.10. The van der Waals surface area contributed by atoms with Crippen LogP contribution >= 0.6 is 0 Å². The topological polar surface area (TPSA) is 57.2 Å². The van der Waals surface area contributed by atoms with Crippen LogP contribution in [0.3, 0.4) is 0 Å². The number of aromatic nitrogens is 1. The Morgan fingerprint density at radius 3 is 2.75 bits per heavy atom. The molecular formula is C10H8Li2N2O2.